The van der Waals surface area contributed by atoms with Crippen molar-refractivity contribution in [1.82, 2.24) is 8.87 Å². The van der Waals surface area contributed by atoms with Crippen LogP contribution in [0.4, 0.5) is 0 Å². The molecule has 30 heavy (non-hydrogen) atoms. The van der Waals surface area contributed by atoms with E-state index in [2.05, 4.69) is 62.0 Å². The van der Waals surface area contributed by atoms with Gasteiger partial charge in [-0.25, -0.2) is 4.31 Å². The Bertz CT molecular complexity index is 958. The Balaban J connectivity index is 2.15. The lowest BCUT2D eigenvalue weighted by Gasteiger charge is -2.26. The molecule has 5 heteroatoms. The Kier molecular flexibility index (Phi) is 7.27. The minimum Gasteiger partial charge on any atom is -0.480 e. The van der Waals surface area contributed by atoms with Crippen molar-refractivity contribution in [2.75, 3.05) is 6.54 Å². The fourth-order valence-electron chi connectivity index (χ4n) is 4.23. The number of allylic oxidation sites excluding steroid dienone is 3. The maximum atomic E-state index is 11.6. The van der Waals surface area contributed by atoms with Crippen LogP contribution in [-0.4, -0.2) is 26.5 Å². The van der Waals surface area contributed by atoms with Gasteiger partial charge in [-0.3, -0.25) is 4.79 Å². The lowest BCUT2D eigenvalue weighted by Crippen LogP contribution is -2.22. The minimum absolute atomic E-state index is 0.0106. The van der Waals surface area contributed by atoms with E-state index in [4.69, 9.17) is 0 Å². The summed E-state index contributed by atoms with van der Waals surface area (Å²) < 4.78 is 4.44. The number of carboxylic acid groups (broad SMARTS) is 1. The molecule has 0 aliphatic carbocycles. The summed E-state index contributed by atoms with van der Waals surface area (Å²) in [6.07, 6.45) is 7.74. The van der Waals surface area contributed by atoms with Crippen molar-refractivity contribution >= 4 is 17.9 Å². The highest BCUT2D eigenvalue weighted by Gasteiger charge is 2.36. The highest BCUT2D eigenvalue weighted by Crippen LogP contribution is 2.50. The number of fused-ring (bicyclic) bond motifs is 1. The molecule has 2 heterocycles. The Morgan fingerprint density at radius 3 is 2.67 bits per heavy atom. The fraction of sp³-hybridized carbons (Fsp3) is 0.400. The largest absolute Gasteiger partial charge is 0.480 e. The van der Waals surface area contributed by atoms with Crippen molar-refractivity contribution in [1.29, 1.82) is 0 Å². The van der Waals surface area contributed by atoms with E-state index in [0.717, 1.165) is 30.8 Å². The smallest absolute Gasteiger partial charge is 0.323 e. The monoisotopic (exact) mass is 424 g/mol. The van der Waals surface area contributed by atoms with Crippen molar-refractivity contribution < 1.29 is 9.90 Å². The van der Waals surface area contributed by atoms with Gasteiger partial charge in [0.05, 0.1) is 6.04 Å². The van der Waals surface area contributed by atoms with Gasteiger partial charge >= 0.3 is 5.97 Å². The van der Waals surface area contributed by atoms with Crippen molar-refractivity contribution in [3.63, 3.8) is 0 Å². The third kappa shape index (κ3) is 4.57. The van der Waals surface area contributed by atoms with Crippen LogP contribution in [0, 0.1) is 19.8 Å². The Morgan fingerprint density at radius 2 is 2.00 bits per heavy atom. The van der Waals surface area contributed by atoms with E-state index in [1.807, 2.05) is 29.5 Å². The molecule has 0 radical (unpaired) electrons. The van der Waals surface area contributed by atoms with Crippen molar-refractivity contribution in [2.24, 2.45) is 5.92 Å². The highest BCUT2D eigenvalue weighted by atomic mass is 32.2. The van der Waals surface area contributed by atoms with Crippen LogP contribution in [-0.2, 0) is 17.8 Å². The molecule has 0 saturated carbocycles. The number of hydrogen-bond acceptors (Lipinski definition) is 3. The zero-order chi connectivity index (χ0) is 21.8. The van der Waals surface area contributed by atoms with Gasteiger partial charge in [0.1, 0.15) is 6.54 Å². The summed E-state index contributed by atoms with van der Waals surface area (Å²) >= 11 is 1.83. The molecule has 0 bridgehead atoms. The summed E-state index contributed by atoms with van der Waals surface area (Å²) in [5.41, 5.74) is 5.88. The molecular weight excluding hydrogens is 392 g/mol. The highest BCUT2D eigenvalue weighted by molar-refractivity contribution is 7.97. The number of carbonyl (C=O) groups is 1. The summed E-state index contributed by atoms with van der Waals surface area (Å²) in [5.74, 6) is -0.182. The number of aromatic nitrogens is 1. The van der Waals surface area contributed by atoms with E-state index in [0.29, 0.717) is 5.92 Å². The molecule has 0 spiro atoms. The van der Waals surface area contributed by atoms with Crippen molar-refractivity contribution in [2.45, 2.75) is 58.0 Å². The summed E-state index contributed by atoms with van der Waals surface area (Å²) in [6.45, 7) is 13.4. The molecular formula is C25H32N2O2S. The molecule has 1 unspecified atom stereocenters. The van der Waals surface area contributed by atoms with Gasteiger partial charge in [0.25, 0.3) is 0 Å². The second kappa shape index (κ2) is 9.71. The third-order valence-electron chi connectivity index (χ3n) is 5.77. The van der Waals surface area contributed by atoms with Gasteiger partial charge in [0.2, 0.25) is 0 Å². The van der Waals surface area contributed by atoms with E-state index in [1.165, 1.54) is 21.6 Å². The van der Waals surface area contributed by atoms with Gasteiger partial charge < -0.3 is 9.67 Å². The second-order valence-electron chi connectivity index (χ2n) is 8.27. The molecule has 2 aromatic rings. The molecule has 0 saturated heterocycles. The average Bonchev–Trinajstić information content (AvgIpc) is 3.16. The lowest BCUT2D eigenvalue weighted by atomic mass is 9.93. The first kappa shape index (κ1) is 22.4. The predicted molar refractivity (Wildman–Crippen MR) is 125 cm³/mol. The van der Waals surface area contributed by atoms with Gasteiger partial charge in [-0.05, 0) is 67.3 Å². The SMILES string of the molecule is C=C/C=C\Cc1c(C2c3ccccc3SN2CCC(C)C)c(C)n(CC(=O)O)c1C. The van der Waals surface area contributed by atoms with Crippen molar-refractivity contribution in [3.8, 4) is 0 Å². The Hall–Kier alpha value is -2.24. The molecule has 1 aromatic carbocycles. The predicted octanol–water partition coefficient (Wildman–Crippen LogP) is 5.93. The van der Waals surface area contributed by atoms with Crippen LogP contribution in [0.2, 0.25) is 0 Å². The zero-order valence-corrected chi connectivity index (χ0v) is 19.2. The van der Waals surface area contributed by atoms with Crippen LogP contribution in [0.1, 0.15) is 54.4 Å². The number of nitrogens with zero attached hydrogens (tertiary/aromatic N) is 2. The third-order valence-corrected chi connectivity index (χ3v) is 6.96. The standard InChI is InChI=1S/C25H32N2O2S/c1-6-7-8-11-20-18(4)26(16-23(28)29)19(5)24(20)25-21-12-9-10-13-22(21)30-27(25)15-14-17(2)3/h6-10,12-13,17,25H,1,11,14-16H2,2-5H3,(H,28,29)/b8-7-. The van der Waals surface area contributed by atoms with E-state index in [-0.39, 0.29) is 12.6 Å². The number of rotatable bonds is 9. The average molecular weight is 425 g/mol. The second-order valence-corrected chi connectivity index (χ2v) is 9.36. The lowest BCUT2D eigenvalue weighted by molar-refractivity contribution is -0.137. The summed E-state index contributed by atoms with van der Waals surface area (Å²) in [7, 11) is 0. The fourth-order valence-corrected chi connectivity index (χ4v) is 5.43. The van der Waals surface area contributed by atoms with E-state index in [1.54, 1.807) is 6.08 Å². The normalized spacial score (nSPS) is 16.5. The topological polar surface area (TPSA) is 45.5 Å². The maximum Gasteiger partial charge on any atom is 0.323 e. The quantitative estimate of drug-likeness (QED) is 0.400. The molecule has 4 nitrogen and oxygen atoms in total. The van der Waals surface area contributed by atoms with Gasteiger partial charge in [-0.2, -0.15) is 0 Å². The van der Waals surface area contributed by atoms with Crippen LogP contribution in [0.5, 0.6) is 0 Å². The van der Waals surface area contributed by atoms with Crippen LogP contribution < -0.4 is 0 Å². The minimum atomic E-state index is -0.811. The van der Waals surface area contributed by atoms with Crippen molar-refractivity contribution in [3.05, 3.63) is 77.2 Å². The Labute approximate surface area is 184 Å². The van der Waals surface area contributed by atoms with Crippen LogP contribution >= 0.6 is 11.9 Å². The van der Waals surface area contributed by atoms with Crippen LogP contribution in [0.3, 0.4) is 0 Å². The van der Waals surface area contributed by atoms with Gasteiger partial charge in [0.15, 0.2) is 0 Å². The molecule has 1 aliphatic rings. The first-order valence-electron chi connectivity index (χ1n) is 10.6. The number of hydrogen-bond donors (Lipinski definition) is 1. The van der Waals surface area contributed by atoms with Crippen LogP contribution in [0.25, 0.3) is 0 Å². The van der Waals surface area contributed by atoms with Gasteiger partial charge in [0, 0.05) is 22.8 Å². The number of benzene rings is 1. The first-order chi connectivity index (χ1) is 14.3. The number of aliphatic carboxylic acids is 1. The molecule has 1 aliphatic heterocycles. The molecule has 1 N–H and O–H groups in total. The van der Waals surface area contributed by atoms with Gasteiger partial charge in [-0.1, -0.05) is 56.9 Å². The summed E-state index contributed by atoms with van der Waals surface area (Å²) in [4.78, 5) is 12.8. The molecule has 1 atom stereocenters. The molecule has 1 aromatic heterocycles. The number of carboxylic acids is 1. The summed E-state index contributed by atoms with van der Waals surface area (Å²) in [5, 5.41) is 9.49. The maximum absolute atomic E-state index is 11.6. The van der Waals surface area contributed by atoms with Gasteiger partial charge in [-0.15, -0.1) is 0 Å². The molecule has 3 rings (SSSR count). The Morgan fingerprint density at radius 1 is 1.27 bits per heavy atom. The van der Waals surface area contributed by atoms with E-state index < -0.39 is 5.97 Å². The molecule has 0 amide bonds. The molecule has 160 valence electrons. The zero-order valence-electron chi connectivity index (χ0n) is 18.4. The van der Waals surface area contributed by atoms with E-state index >= 15 is 0 Å². The van der Waals surface area contributed by atoms with Crippen LogP contribution in [0.15, 0.2) is 54.0 Å². The molecule has 0 fully saturated rings. The van der Waals surface area contributed by atoms with E-state index in [9.17, 15) is 9.90 Å². The first-order valence-corrected chi connectivity index (χ1v) is 11.3. The summed E-state index contributed by atoms with van der Waals surface area (Å²) in [6, 6.07) is 8.74.